The molecule has 0 bridgehead atoms. The first kappa shape index (κ1) is 14.3. The van der Waals surface area contributed by atoms with Crippen LogP contribution in [0.3, 0.4) is 0 Å². The lowest BCUT2D eigenvalue weighted by Crippen LogP contribution is -2.26. The summed E-state index contributed by atoms with van der Waals surface area (Å²) in [6.45, 7) is 0. The Morgan fingerprint density at radius 1 is 0.769 bits per heavy atom. The van der Waals surface area contributed by atoms with E-state index in [9.17, 15) is 0 Å². The van der Waals surface area contributed by atoms with Crippen LogP contribution in [0, 0.1) is 0 Å². The van der Waals surface area contributed by atoms with Gasteiger partial charge in [-0.1, -0.05) is 60.6 Å². The van der Waals surface area contributed by atoms with E-state index in [-0.39, 0.29) is 8.56 Å². The fourth-order valence-electron chi connectivity index (χ4n) is 0.864. The van der Waals surface area contributed by atoms with Crippen molar-refractivity contribution < 1.29 is 15.3 Å². The summed E-state index contributed by atoms with van der Waals surface area (Å²) in [5.74, 6) is -2.51. The highest BCUT2D eigenvalue weighted by Gasteiger charge is 2.18. The van der Waals surface area contributed by atoms with Crippen LogP contribution >= 0.6 is 47.8 Å². The topological polar surface area (TPSA) is 60.7 Å². The van der Waals surface area contributed by atoms with Crippen molar-refractivity contribution in [2.45, 2.75) is 40.2 Å². The van der Waals surface area contributed by atoms with E-state index < -0.39 is 5.97 Å². The number of alkyl halides is 3. The molecule has 3 N–H and O–H groups in total. The Labute approximate surface area is 103 Å². The third kappa shape index (κ3) is 13.3. The maximum absolute atomic E-state index is 8.56. The van der Waals surface area contributed by atoms with Crippen molar-refractivity contribution >= 4 is 47.8 Å². The molecule has 80 valence electrons. The van der Waals surface area contributed by atoms with Crippen molar-refractivity contribution in [1.29, 1.82) is 0 Å². The van der Waals surface area contributed by atoms with Gasteiger partial charge in [0.05, 0.1) is 0 Å². The van der Waals surface area contributed by atoms with Crippen LogP contribution in [0.15, 0.2) is 0 Å². The minimum atomic E-state index is -2.51. The Morgan fingerprint density at radius 3 is 1.62 bits per heavy atom. The van der Waals surface area contributed by atoms with Gasteiger partial charge in [0.25, 0.3) is 5.97 Å². The number of unbranched alkanes of at least 4 members (excludes halogenated alkanes) is 2. The van der Waals surface area contributed by atoms with E-state index in [2.05, 4.69) is 47.8 Å². The average Bonchev–Trinajstić information content (AvgIpc) is 1.81. The zero-order valence-electron chi connectivity index (χ0n) is 7.01. The average molecular weight is 385 g/mol. The summed E-state index contributed by atoms with van der Waals surface area (Å²) in [5, 5.41) is 25.7. The van der Waals surface area contributed by atoms with Gasteiger partial charge >= 0.3 is 0 Å². The summed E-state index contributed by atoms with van der Waals surface area (Å²) >= 11 is 10.1. The largest absolute Gasteiger partial charge is 0.344 e. The van der Waals surface area contributed by atoms with Crippen LogP contribution in [-0.2, 0) is 0 Å². The van der Waals surface area contributed by atoms with Crippen LogP contribution in [-0.4, -0.2) is 23.4 Å². The van der Waals surface area contributed by atoms with Gasteiger partial charge in [0.15, 0.2) is 0 Å². The summed E-state index contributed by atoms with van der Waals surface area (Å²) < 4.78 is -0.221. The summed E-state index contributed by atoms with van der Waals surface area (Å²) in [5.41, 5.74) is 0. The molecule has 0 rings (SSSR count). The molecule has 0 spiro atoms. The summed E-state index contributed by atoms with van der Waals surface area (Å²) in [4.78, 5) is 0. The summed E-state index contributed by atoms with van der Waals surface area (Å²) in [7, 11) is 0. The second-order valence-electron chi connectivity index (χ2n) is 2.95. The second-order valence-corrected chi connectivity index (χ2v) is 10.2. The first-order chi connectivity index (χ1) is 5.71. The molecule has 0 radical (unpaired) electrons. The number of halogens is 3. The van der Waals surface area contributed by atoms with Crippen molar-refractivity contribution in [3.63, 3.8) is 0 Å². The van der Waals surface area contributed by atoms with E-state index in [1.807, 2.05) is 0 Å². The lowest BCUT2D eigenvalue weighted by Gasteiger charge is -2.14. The van der Waals surface area contributed by atoms with E-state index in [0.717, 1.165) is 19.3 Å². The fourth-order valence-corrected chi connectivity index (χ4v) is 1.71. The van der Waals surface area contributed by atoms with E-state index in [4.69, 9.17) is 15.3 Å². The predicted molar refractivity (Wildman–Crippen MR) is 62.0 cm³/mol. The van der Waals surface area contributed by atoms with Gasteiger partial charge in [0, 0.05) is 6.42 Å². The van der Waals surface area contributed by atoms with Gasteiger partial charge < -0.3 is 15.3 Å². The fraction of sp³-hybridized carbons (Fsp3) is 1.00. The molecule has 0 saturated heterocycles. The quantitative estimate of drug-likeness (QED) is 0.387. The Hall–Kier alpha value is 1.32. The molecule has 0 aromatic rings. The van der Waals surface area contributed by atoms with E-state index in [0.29, 0.717) is 6.42 Å². The van der Waals surface area contributed by atoms with Gasteiger partial charge in [-0.2, -0.15) is 0 Å². The highest BCUT2D eigenvalue weighted by atomic mass is 80.0. The predicted octanol–water partition coefficient (Wildman–Crippen LogP) is 2.41. The number of hydrogen-bond acceptors (Lipinski definition) is 3. The molecule has 0 aromatic heterocycles. The van der Waals surface area contributed by atoms with Gasteiger partial charge in [-0.3, -0.25) is 0 Å². The molecule has 0 unspecified atom stereocenters. The highest BCUT2D eigenvalue weighted by molar-refractivity contribution is 9.39. The minimum absolute atomic E-state index is 0.00709. The van der Waals surface area contributed by atoms with Crippen molar-refractivity contribution in [1.82, 2.24) is 0 Å². The smallest absolute Gasteiger partial charge is 0.275 e. The minimum Gasteiger partial charge on any atom is -0.344 e. The van der Waals surface area contributed by atoms with Gasteiger partial charge in [0.2, 0.25) is 0 Å². The molecule has 0 aliphatic carbocycles. The monoisotopic (exact) mass is 382 g/mol. The summed E-state index contributed by atoms with van der Waals surface area (Å²) in [6, 6.07) is 0. The molecular formula is C7H13Br3O3. The SMILES string of the molecule is OC(O)(O)CCCCCC(Br)(Br)Br. The molecule has 3 nitrogen and oxygen atoms in total. The number of rotatable bonds is 5. The first-order valence-corrected chi connectivity index (χ1v) is 6.32. The maximum Gasteiger partial charge on any atom is 0.275 e. The standard InChI is InChI=1S/C7H13Br3O3/c8-6(9,10)4-2-1-3-5-7(11,12)13/h11-13H,1-5H2. The van der Waals surface area contributed by atoms with Crippen LogP contribution in [0.25, 0.3) is 0 Å². The Bertz CT molecular complexity index is 123. The lowest BCUT2D eigenvalue weighted by molar-refractivity contribution is -0.315. The molecule has 6 heteroatoms. The summed E-state index contributed by atoms with van der Waals surface area (Å²) in [6.07, 6.45) is 3.23. The van der Waals surface area contributed by atoms with Crippen molar-refractivity contribution in [2.75, 3.05) is 0 Å². The molecular weight excluding hydrogens is 372 g/mol. The van der Waals surface area contributed by atoms with Crippen LogP contribution in [0.2, 0.25) is 0 Å². The molecule has 0 aromatic carbocycles. The third-order valence-corrected chi connectivity index (χ3v) is 2.66. The van der Waals surface area contributed by atoms with Crippen molar-refractivity contribution in [2.24, 2.45) is 0 Å². The zero-order chi connectivity index (χ0) is 10.5. The molecule has 13 heavy (non-hydrogen) atoms. The number of aliphatic hydroxyl groups is 3. The van der Waals surface area contributed by atoms with Crippen LogP contribution in [0.4, 0.5) is 0 Å². The zero-order valence-corrected chi connectivity index (χ0v) is 11.8. The Balaban J connectivity index is 3.28. The maximum atomic E-state index is 8.56. The third-order valence-electron chi connectivity index (χ3n) is 1.47. The van der Waals surface area contributed by atoms with E-state index in [1.54, 1.807) is 0 Å². The molecule has 0 aliphatic rings. The molecule has 0 aliphatic heterocycles. The van der Waals surface area contributed by atoms with E-state index in [1.165, 1.54) is 0 Å². The number of hydrogen-bond donors (Lipinski definition) is 3. The van der Waals surface area contributed by atoms with Crippen molar-refractivity contribution in [3.05, 3.63) is 0 Å². The first-order valence-electron chi connectivity index (χ1n) is 3.94. The van der Waals surface area contributed by atoms with E-state index >= 15 is 0 Å². The van der Waals surface area contributed by atoms with Gasteiger partial charge in [-0.15, -0.1) is 0 Å². The Kier molecular flexibility index (Phi) is 6.64. The van der Waals surface area contributed by atoms with Crippen LogP contribution in [0.5, 0.6) is 0 Å². The van der Waals surface area contributed by atoms with Crippen LogP contribution < -0.4 is 0 Å². The Morgan fingerprint density at radius 2 is 1.23 bits per heavy atom. The normalized spacial score (nSPS) is 13.4. The second kappa shape index (κ2) is 6.02. The van der Waals surface area contributed by atoms with Gasteiger partial charge in [-0.05, 0) is 12.8 Å². The molecule has 0 saturated carbocycles. The molecule has 0 fully saturated rings. The molecule has 0 amide bonds. The lowest BCUT2D eigenvalue weighted by atomic mass is 10.1. The molecule has 0 atom stereocenters. The molecule has 0 heterocycles. The van der Waals surface area contributed by atoms with Crippen molar-refractivity contribution in [3.8, 4) is 0 Å². The van der Waals surface area contributed by atoms with Gasteiger partial charge in [-0.25, -0.2) is 0 Å². The van der Waals surface area contributed by atoms with Gasteiger partial charge in [0.1, 0.15) is 2.14 Å². The van der Waals surface area contributed by atoms with Crippen LogP contribution in [0.1, 0.15) is 32.1 Å². The highest BCUT2D eigenvalue weighted by Crippen LogP contribution is 2.38.